The Labute approximate surface area is 162 Å². The fourth-order valence-electron chi connectivity index (χ4n) is 3.24. The van der Waals surface area contributed by atoms with Crippen LogP contribution in [0, 0.1) is 20.8 Å². The SMILES string of the molecule is Cc1c(Br)cc(C(=O)N2CCN(c3cccc(Cl)c3)CC2)c(C)c1C. The van der Waals surface area contributed by atoms with Gasteiger partial charge in [-0.15, -0.1) is 0 Å². The first kappa shape index (κ1) is 18.3. The highest BCUT2D eigenvalue weighted by atomic mass is 79.9. The van der Waals surface area contributed by atoms with Gasteiger partial charge in [0.1, 0.15) is 0 Å². The molecule has 25 heavy (non-hydrogen) atoms. The van der Waals surface area contributed by atoms with Crippen LogP contribution in [0.1, 0.15) is 27.0 Å². The topological polar surface area (TPSA) is 23.6 Å². The molecule has 2 aromatic rings. The van der Waals surface area contributed by atoms with Crippen LogP contribution in [0.5, 0.6) is 0 Å². The molecule has 0 radical (unpaired) electrons. The highest BCUT2D eigenvalue weighted by Crippen LogP contribution is 2.27. The standard InChI is InChI=1S/C20H22BrClN2O/c1-13-14(2)18(12-19(21)15(13)3)20(25)24-9-7-23(8-10-24)17-6-4-5-16(22)11-17/h4-6,11-12H,7-10H2,1-3H3. The summed E-state index contributed by atoms with van der Waals surface area (Å²) in [5.74, 6) is 0.118. The Balaban J connectivity index is 1.74. The van der Waals surface area contributed by atoms with Crippen LogP contribution in [0.2, 0.25) is 5.02 Å². The maximum Gasteiger partial charge on any atom is 0.254 e. The number of nitrogens with zero attached hydrogens (tertiary/aromatic N) is 2. The maximum atomic E-state index is 13.0. The van der Waals surface area contributed by atoms with Crippen molar-refractivity contribution in [1.82, 2.24) is 4.90 Å². The monoisotopic (exact) mass is 420 g/mol. The highest BCUT2D eigenvalue weighted by molar-refractivity contribution is 9.10. The lowest BCUT2D eigenvalue weighted by Gasteiger charge is -2.36. The van der Waals surface area contributed by atoms with Gasteiger partial charge in [0.05, 0.1) is 0 Å². The van der Waals surface area contributed by atoms with Crippen LogP contribution in [0.25, 0.3) is 0 Å². The van der Waals surface area contributed by atoms with Crippen LogP contribution in [-0.2, 0) is 0 Å². The van der Waals surface area contributed by atoms with E-state index < -0.39 is 0 Å². The number of piperazine rings is 1. The summed E-state index contributed by atoms with van der Waals surface area (Å²) in [6.07, 6.45) is 0. The molecule has 0 saturated carbocycles. The van der Waals surface area contributed by atoms with Gasteiger partial charge in [0.15, 0.2) is 0 Å². The Morgan fingerprint density at radius 3 is 2.32 bits per heavy atom. The summed E-state index contributed by atoms with van der Waals surface area (Å²) >= 11 is 9.67. The van der Waals surface area contributed by atoms with Gasteiger partial charge in [-0.1, -0.05) is 33.6 Å². The first-order valence-corrected chi connectivity index (χ1v) is 9.61. The molecule has 1 aliphatic heterocycles. The Kier molecular flexibility index (Phi) is 5.40. The average molecular weight is 422 g/mol. The summed E-state index contributed by atoms with van der Waals surface area (Å²) in [4.78, 5) is 17.2. The summed E-state index contributed by atoms with van der Waals surface area (Å²) < 4.78 is 0.997. The Morgan fingerprint density at radius 2 is 1.68 bits per heavy atom. The second-order valence-corrected chi connectivity index (χ2v) is 7.83. The van der Waals surface area contributed by atoms with Crippen LogP contribution in [0.3, 0.4) is 0 Å². The van der Waals surface area contributed by atoms with Gasteiger partial charge in [-0.3, -0.25) is 4.79 Å². The van der Waals surface area contributed by atoms with Crippen molar-refractivity contribution in [1.29, 1.82) is 0 Å². The molecule has 0 spiro atoms. The van der Waals surface area contributed by atoms with Crippen LogP contribution in [0.15, 0.2) is 34.8 Å². The summed E-state index contributed by atoms with van der Waals surface area (Å²) in [5, 5.41) is 0.742. The van der Waals surface area contributed by atoms with Crippen molar-refractivity contribution in [2.75, 3.05) is 31.1 Å². The van der Waals surface area contributed by atoms with Crippen molar-refractivity contribution >= 4 is 39.1 Å². The Hall–Kier alpha value is -1.52. The van der Waals surface area contributed by atoms with Crippen LogP contribution in [-0.4, -0.2) is 37.0 Å². The first-order chi connectivity index (χ1) is 11.9. The molecule has 3 nitrogen and oxygen atoms in total. The van der Waals surface area contributed by atoms with Gasteiger partial charge < -0.3 is 9.80 Å². The molecule has 1 heterocycles. The molecule has 0 bridgehead atoms. The molecule has 0 aliphatic carbocycles. The van der Waals surface area contributed by atoms with Crippen molar-refractivity contribution in [3.63, 3.8) is 0 Å². The average Bonchev–Trinajstić information content (AvgIpc) is 2.62. The van der Waals surface area contributed by atoms with Crippen LogP contribution in [0.4, 0.5) is 5.69 Å². The molecule has 0 unspecified atom stereocenters. The van der Waals surface area contributed by atoms with E-state index in [1.165, 1.54) is 11.1 Å². The smallest absolute Gasteiger partial charge is 0.254 e. The number of halogens is 2. The minimum Gasteiger partial charge on any atom is -0.368 e. The van der Waals surface area contributed by atoms with Gasteiger partial charge in [0.25, 0.3) is 5.91 Å². The number of hydrogen-bond acceptors (Lipinski definition) is 2. The number of benzene rings is 2. The van der Waals surface area contributed by atoms with Gasteiger partial charge in [-0.25, -0.2) is 0 Å². The molecule has 1 saturated heterocycles. The van der Waals surface area contributed by atoms with Gasteiger partial charge in [0.2, 0.25) is 0 Å². The number of amides is 1. The van der Waals surface area contributed by atoms with Gasteiger partial charge in [0, 0.05) is 46.9 Å². The van der Waals surface area contributed by atoms with E-state index in [9.17, 15) is 4.79 Å². The summed E-state index contributed by atoms with van der Waals surface area (Å²) in [6.45, 7) is 9.25. The lowest BCUT2D eigenvalue weighted by Crippen LogP contribution is -2.49. The fraction of sp³-hybridized carbons (Fsp3) is 0.350. The highest BCUT2D eigenvalue weighted by Gasteiger charge is 2.24. The molecule has 1 amide bonds. The van der Waals surface area contributed by atoms with E-state index in [0.717, 1.165) is 52.5 Å². The van der Waals surface area contributed by atoms with E-state index >= 15 is 0 Å². The minimum atomic E-state index is 0.118. The van der Waals surface area contributed by atoms with E-state index in [-0.39, 0.29) is 5.91 Å². The van der Waals surface area contributed by atoms with Crippen LogP contribution >= 0.6 is 27.5 Å². The second-order valence-electron chi connectivity index (χ2n) is 6.54. The Bertz CT molecular complexity index is 814. The zero-order chi connectivity index (χ0) is 18.1. The van der Waals surface area contributed by atoms with Gasteiger partial charge in [-0.2, -0.15) is 0 Å². The second kappa shape index (κ2) is 7.38. The lowest BCUT2D eigenvalue weighted by molar-refractivity contribution is 0.0746. The Morgan fingerprint density at radius 1 is 1.00 bits per heavy atom. The molecule has 1 aliphatic rings. The fourth-order valence-corrected chi connectivity index (χ4v) is 3.95. The lowest BCUT2D eigenvalue weighted by atomic mass is 9.98. The zero-order valence-corrected chi connectivity index (χ0v) is 17.1. The third-order valence-corrected chi connectivity index (χ3v) is 6.19. The number of carbonyl (C=O) groups excluding carboxylic acids is 1. The van der Waals surface area contributed by atoms with Crippen molar-refractivity contribution in [2.45, 2.75) is 20.8 Å². The molecular weight excluding hydrogens is 400 g/mol. The van der Waals surface area contributed by atoms with Gasteiger partial charge in [-0.05, 0) is 61.7 Å². The molecule has 2 aromatic carbocycles. The van der Waals surface area contributed by atoms with Crippen molar-refractivity contribution in [2.24, 2.45) is 0 Å². The van der Waals surface area contributed by atoms with E-state index in [0.29, 0.717) is 0 Å². The molecule has 3 rings (SSSR count). The predicted molar refractivity (Wildman–Crippen MR) is 108 cm³/mol. The number of hydrogen-bond donors (Lipinski definition) is 0. The van der Waals surface area contributed by atoms with Crippen molar-refractivity contribution in [3.05, 3.63) is 62.1 Å². The molecule has 0 N–H and O–H groups in total. The quantitative estimate of drug-likeness (QED) is 0.682. The van der Waals surface area contributed by atoms with E-state index in [1.54, 1.807) is 0 Å². The molecular formula is C20H22BrClN2O. The summed E-state index contributed by atoms with van der Waals surface area (Å²) in [7, 11) is 0. The molecule has 132 valence electrons. The molecule has 1 fully saturated rings. The minimum absolute atomic E-state index is 0.118. The maximum absolute atomic E-state index is 13.0. The van der Waals surface area contributed by atoms with Gasteiger partial charge >= 0.3 is 0 Å². The van der Waals surface area contributed by atoms with Crippen LogP contribution < -0.4 is 4.90 Å². The largest absolute Gasteiger partial charge is 0.368 e. The summed E-state index contributed by atoms with van der Waals surface area (Å²) in [5.41, 5.74) is 5.36. The molecule has 0 atom stereocenters. The number of carbonyl (C=O) groups is 1. The third kappa shape index (κ3) is 3.70. The zero-order valence-electron chi connectivity index (χ0n) is 14.8. The molecule has 5 heteroatoms. The number of anilines is 1. The van der Waals surface area contributed by atoms with E-state index in [2.05, 4.69) is 40.7 Å². The normalized spacial score (nSPS) is 14.8. The van der Waals surface area contributed by atoms with Crippen molar-refractivity contribution < 1.29 is 4.79 Å². The number of rotatable bonds is 2. The summed E-state index contributed by atoms with van der Waals surface area (Å²) in [6, 6.07) is 9.84. The van der Waals surface area contributed by atoms with E-state index in [4.69, 9.17) is 11.6 Å². The first-order valence-electron chi connectivity index (χ1n) is 8.44. The van der Waals surface area contributed by atoms with Crippen molar-refractivity contribution in [3.8, 4) is 0 Å². The predicted octanol–water partition coefficient (Wildman–Crippen LogP) is 4.99. The van der Waals surface area contributed by atoms with E-state index in [1.807, 2.05) is 36.1 Å². The molecule has 0 aromatic heterocycles. The third-order valence-electron chi connectivity index (χ3n) is 5.13.